The number of ketones is 2. The Morgan fingerprint density at radius 2 is 1.42 bits per heavy atom. The highest BCUT2D eigenvalue weighted by Crippen LogP contribution is 2.72. The van der Waals surface area contributed by atoms with Gasteiger partial charge in [0.15, 0.2) is 11.6 Å². The second-order valence-corrected chi connectivity index (χ2v) is 13.9. The number of Topliss-reactive ketones (excluding diaryl/α,β-unsaturated/α-hetero) is 2. The third-order valence-corrected chi connectivity index (χ3v) is 11.9. The minimum absolute atomic E-state index is 0.172. The lowest BCUT2D eigenvalue weighted by Crippen LogP contribution is -2.74. The number of hydrogen-bond donors (Lipinski definition) is 3. The Bertz CT molecular complexity index is 1340. The average molecular weight is 605 g/mol. The van der Waals surface area contributed by atoms with Crippen LogP contribution in [0.4, 0.5) is 0 Å². The highest BCUT2D eigenvalue weighted by Gasteiger charge is 2.80. The first-order valence-electron chi connectivity index (χ1n) is 15.0. The van der Waals surface area contributed by atoms with Gasteiger partial charge < -0.3 is 34.3 Å². The fourth-order valence-electron chi connectivity index (χ4n) is 10.5. The zero-order valence-corrected chi connectivity index (χ0v) is 25.3. The van der Waals surface area contributed by atoms with E-state index in [0.717, 1.165) is 0 Å². The van der Waals surface area contributed by atoms with Gasteiger partial charge in [0.05, 0.1) is 12.2 Å². The molecule has 1 aliphatic heterocycles. The highest BCUT2D eigenvalue weighted by molar-refractivity contribution is 6.00. The lowest BCUT2D eigenvalue weighted by atomic mass is 9.41. The van der Waals surface area contributed by atoms with E-state index in [2.05, 4.69) is 0 Å². The molecule has 0 bridgehead atoms. The Balaban J connectivity index is 1.64. The largest absolute Gasteiger partial charge is 0.459 e. The Kier molecular flexibility index (Phi) is 6.82. The molecule has 5 aliphatic carbocycles. The van der Waals surface area contributed by atoms with Crippen molar-refractivity contribution in [1.29, 1.82) is 0 Å². The Labute approximate surface area is 249 Å². The standard InChI is InChI=1S/C31H40O12/c1-9-16-18(10(2)22(36)21(9)35)31(7)19(24(16)38)17-20(27(40-11(3)32)29(31)42-13(5)34)30(6)14(23(37)25(17)39)8-15-26(43-15)28(30)41-12(4)33/h10,14-15,17-20,22,24-29,36,38-39H,8H2,1-7H3/t10-,14+,15-,17-,18-,19+,20+,22-,24-,25+,26-,27-,28-,29-,30-,31+/m0/s1. The van der Waals surface area contributed by atoms with Crippen LogP contribution in [0, 0.1) is 46.3 Å². The van der Waals surface area contributed by atoms with Crippen molar-refractivity contribution >= 4 is 29.5 Å². The zero-order chi connectivity index (χ0) is 31.7. The predicted molar refractivity (Wildman–Crippen MR) is 144 cm³/mol. The SMILES string of the molecule is CC(=O)O[C@H]1[C@H]2[C@H]([C@@H]3[C@@H](O)C4=C(C)C(=O)[C@@H](O)[C@@H](C)[C@@H]4[C@@]3(C)[C@H]1OC(C)=O)[C@@H](O)C(=O)[C@H]1C[C@@H]3O[C@@H]3[C@H](OC(C)=O)[C@]21C. The van der Waals surface area contributed by atoms with Gasteiger partial charge in [-0.05, 0) is 36.3 Å². The van der Waals surface area contributed by atoms with Crippen LogP contribution in [0.15, 0.2) is 11.1 Å². The lowest BCUT2D eigenvalue weighted by Gasteiger charge is -2.65. The second kappa shape index (κ2) is 9.66. The van der Waals surface area contributed by atoms with Crippen LogP contribution in [0.3, 0.4) is 0 Å². The van der Waals surface area contributed by atoms with Crippen LogP contribution in [0.25, 0.3) is 0 Å². The predicted octanol–water partition coefficient (Wildman–Crippen LogP) is 0.274. The Morgan fingerprint density at radius 3 is 2.00 bits per heavy atom. The van der Waals surface area contributed by atoms with Crippen LogP contribution in [0.2, 0.25) is 0 Å². The molecule has 16 atom stereocenters. The third-order valence-electron chi connectivity index (χ3n) is 11.9. The van der Waals surface area contributed by atoms with Crippen molar-refractivity contribution < 1.29 is 58.2 Å². The van der Waals surface area contributed by atoms with E-state index < -0.39 is 119 Å². The van der Waals surface area contributed by atoms with Gasteiger partial charge in [0.1, 0.15) is 36.6 Å². The summed E-state index contributed by atoms with van der Waals surface area (Å²) >= 11 is 0. The van der Waals surface area contributed by atoms with Crippen LogP contribution < -0.4 is 0 Å². The number of ether oxygens (including phenoxy) is 4. The summed E-state index contributed by atoms with van der Waals surface area (Å²) < 4.78 is 23.8. The number of epoxide rings is 1. The molecule has 236 valence electrons. The monoisotopic (exact) mass is 604 g/mol. The summed E-state index contributed by atoms with van der Waals surface area (Å²) in [5.74, 6) is -8.36. The number of carbonyl (C=O) groups is 5. The first-order chi connectivity index (χ1) is 20.0. The van der Waals surface area contributed by atoms with Crippen LogP contribution in [0.5, 0.6) is 0 Å². The van der Waals surface area contributed by atoms with E-state index in [1.165, 1.54) is 27.7 Å². The van der Waals surface area contributed by atoms with Gasteiger partial charge in [0.2, 0.25) is 0 Å². The number of esters is 3. The van der Waals surface area contributed by atoms with E-state index in [4.69, 9.17) is 18.9 Å². The maximum Gasteiger partial charge on any atom is 0.303 e. The summed E-state index contributed by atoms with van der Waals surface area (Å²) in [6, 6.07) is 0. The van der Waals surface area contributed by atoms with E-state index in [-0.39, 0.29) is 18.1 Å². The number of fused-ring (bicyclic) bond motifs is 8. The molecule has 5 fully saturated rings. The number of carbonyl (C=O) groups excluding carboxylic acids is 5. The van der Waals surface area contributed by atoms with Crippen molar-refractivity contribution in [2.24, 2.45) is 46.3 Å². The summed E-state index contributed by atoms with van der Waals surface area (Å²) in [4.78, 5) is 65.1. The molecule has 4 saturated carbocycles. The van der Waals surface area contributed by atoms with Crippen molar-refractivity contribution in [1.82, 2.24) is 0 Å². The molecule has 6 aliphatic rings. The number of rotatable bonds is 3. The maximum absolute atomic E-state index is 14.1. The Hall–Kier alpha value is -2.67. The minimum atomic E-state index is -1.62. The number of aliphatic hydroxyl groups is 3. The molecule has 0 radical (unpaired) electrons. The van der Waals surface area contributed by atoms with Gasteiger partial charge in [0, 0.05) is 55.3 Å². The second-order valence-electron chi connectivity index (χ2n) is 13.9. The summed E-state index contributed by atoms with van der Waals surface area (Å²) in [5.41, 5.74) is -2.04. The van der Waals surface area contributed by atoms with Gasteiger partial charge >= 0.3 is 17.9 Å². The van der Waals surface area contributed by atoms with E-state index in [9.17, 15) is 39.3 Å². The van der Waals surface area contributed by atoms with Gasteiger partial charge in [-0.25, -0.2) is 0 Å². The van der Waals surface area contributed by atoms with Gasteiger partial charge in [-0.15, -0.1) is 0 Å². The van der Waals surface area contributed by atoms with E-state index in [1.807, 2.05) is 0 Å². The molecular formula is C31H40O12. The molecule has 1 saturated heterocycles. The molecule has 0 amide bonds. The van der Waals surface area contributed by atoms with Crippen LogP contribution in [-0.4, -0.2) is 93.6 Å². The van der Waals surface area contributed by atoms with Crippen LogP contribution in [0.1, 0.15) is 54.9 Å². The van der Waals surface area contributed by atoms with Crippen molar-refractivity contribution in [3.8, 4) is 0 Å². The summed E-state index contributed by atoms with van der Waals surface area (Å²) in [6.45, 7) is 10.3. The normalized spacial score (nSPS) is 51.3. The molecular weight excluding hydrogens is 564 g/mol. The third kappa shape index (κ3) is 3.85. The van der Waals surface area contributed by atoms with Crippen molar-refractivity contribution in [2.45, 2.75) is 104 Å². The first-order valence-corrected chi connectivity index (χ1v) is 15.0. The molecule has 6 rings (SSSR count). The molecule has 1 heterocycles. The molecule has 0 aromatic carbocycles. The molecule has 0 unspecified atom stereocenters. The number of hydrogen-bond acceptors (Lipinski definition) is 12. The van der Waals surface area contributed by atoms with Crippen molar-refractivity contribution in [3.05, 3.63) is 11.1 Å². The van der Waals surface area contributed by atoms with Crippen LogP contribution in [-0.2, 0) is 42.9 Å². The quantitative estimate of drug-likeness (QED) is 0.227. The van der Waals surface area contributed by atoms with Gasteiger partial charge in [-0.1, -0.05) is 20.8 Å². The average Bonchev–Trinajstić information content (AvgIpc) is 3.64. The van der Waals surface area contributed by atoms with Crippen LogP contribution >= 0.6 is 0 Å². The Morgan fingerprint density at radius 1 is 0.837 bits per heavy atom. The smallest absolute Gasteiger partial charge is 0.303 e. The molecule has 0 aromatic rings. The zero-order valence-electron chi connectivity index (χ0n) is 25.3. The van der Waals surface area contributed by atoms with Gasteiger partial charge in [0.25, 0.3) is 0 Å². The number of aliphatic hydroxyl groups excluding tert-OH is 3. The summed E-state index contributed by atoms with van der Waals surface area (Å²) in [6.07, 6.45) is -8.45. The van der Waals surface area contributed by atoms with Crippen molar-refractivity contribution in [2.75, 3.05) is 0 Å². The van der Waals surface area contributed by atoms with E-state index in [1.54, 1.807) is 20.8 Å². The molecule has 0 spiro atoms. The van der Waals surface area contributed by atoms with Gasteiger partial charge in [-0.2, -0.15) is 0 Å². The molecule has 3 N–H and O–H groups in total. The summed E-state index contributed by atoms with van der Waals surface area (Å²) in [5, 5.41) is 35.0. The highest BCUT2D eigenvalue weighted by atomic mass is 16.6. The molecule has 12 heteroatoms. The fraction of sp³-hybridized carbons (Fsp3) is 0.774. The topological polar surface area (TPSA) is 186 Å². The molecule has 0 aromatic heterocycles. The maximum atomic E-state index is 14.1. The fourth-order valence-corrected chi connectivity index (χ4v) is 10.5. The van der Waals surface area contributed by atoms with Gasteiger partial charge in [-0.3, -0.25) is 24.0 Å². The summed E-state index contributed by atoms with van der Waals surface area (Å²) in [7, 11) is 0. The molecule has 43 heavy (non-hydrogen) atoms. The molecule has 12 nitrogen and oxygen atoms in total. The minimum Gasteiger partial charge on any atom is -0.459 e. The lowest BCUT2D eigenvalue weighted by molar-refractivity contribution is -0.273. The van der Waals surface area contributed by atoms with Crippen molar-refractivity contribution in [3.63, 3.8) is 0 Å². The van der Waals surface area contributed by atoms with E-state index >= 15 is 0 Å². The van der Waals surface area contributed by atoms with E-state index in [0.29, 0.717) is 5.57 Å². The first kappa shape index (κ1) is 30.4.